The molecule has 0 N–H and O–H groups in total. The van der Waals surface area contributed by atoms with Gasteiger partial charge in [-0.05, 0) is 43.3 Å². The first kappa shape index (κ1) is 34.5. The van der Waals surface area contributed by atoms with Gasteiger partial charge in [-0.15, -0.1) is 0 Å². The number of hydrogen-bond acceptors (Lipinski definition) is 12. The number of pyridine rings is 1. The molecule has 0 spiro atoms. The Morgan fingerprint density at radius 2 is 1.31 bits per heavy atom. The molecule has 0 aliphatic rings. The second-order valence-electron chi connectivity index (χ2n) is 9.95. The van der Waals surface area contributed by atoms with Crippen molar-refractivity contribution in [2.24, 2.45) is 5.92 Å². The Morgan fingerprint density at radius 1 is 0.756 bits per heavy atom. The lowest BCUT2D eigenvalue weighted by atomic mass is 9.85. The molecule has 45 heavy (non-hydrogen) atoms. The van der Waals surface area contributed by atoms with Gasteiger partial charge in [-0.2, -0.15) is 0 Å². The summed E-state index contributed by atoms with van der Waals surface area (Å²) in [5, 5.41) is 0. The Hall–Kier alpha value is -5.00. The average molecular weight is 626 g/mol. The van der Waals surface area contributed by atoms with E-state index in [1.165, 1.54) is 26.3 Å². The Labute approximate surface area is 262 Å². The van der Waals surface area contributed by atoms with Crippen LogP contribution in [0.1, 0.15) is 54.7 Å². The highest BCUT2D eigenvalue weighted by atomic mass is 16.7. The second-order valence-corrected chi connectivity index (χ2v) is 9.95. The van der Waals surface area contributed by atoms with E-state index in [9.17, 15) is 14.4 Å². The number of carbonyl (C=O) groups excluding carboxylic acids is 3. The third-order valence-electron chi connectivity index (χ3n) is 7.03. The largest absolute Gasteiger partial charge is 0.497 e. The van der Waals surface area contributed by atoms with Gasteiger partial charge < -0.3 is 37.9 Å². The number of Topliss-reactive ketones (excluding diaryl/α,β-unsaturated/α-hetero) is 1. The number of methoxy groups -OCH3 is 5. The minimum Gasteiger partial charge on any atom is -0.497 e. The fraction of sp³-hybridized carbons (Fsp3) is 0.394. The summed E-state index contributed by atoms with van der Waals surface area (Å²) >= 11 is 0. The fourth-order valence-corrected chi connectivity index (χ4v) is 4.76. The second kappa shape index (κ2) is 16.2. The van der Waals surface area contributed by atoms with E-state index in [4.69, 9.17) is 37.9 Å². The van der Waals surface area contributed by atoms with Crippen LogP contribution < -0.4 is 28.4 Å². The highest BCUT2D eigenvalue weighted by molar-refractivity contribution is 5.99. The molecule has 0 aliphatic carbocycles. The van der Waals surface area contributed by atoms with E-state index in [1.807, 2.05) is 12.1 Å². The van der Waals surface area contributed by atoms with Gasteiger partial charge in [-0.25, -0.2) is 4.98 Å². The van der Waals surface area contributed by atoms with Crippen molar-refractivity contribution in [3.05, 3.63) is 65.5 Å². The van der Waals surface area contributed by atoms with Gasteiger partial charge in [0.25, 0.3) is 0 Å². The monoisotopic (exact) mass is 625 g/mol. The van der Waals surface area contributed by atoms with Crippen LogP contribution in [0.3, 0.4) is 0 Å². The normalized spacial score (nSPS) is 12.0. The standard InChI is InChI=1S/C33H39NO11/c1-19(15-26(36)31-32(44-18-43-21(3)35)29(42-8)13-14-34-31)33(37)45-20(2)30(24-16-22(38-4)9-11-27(24)40-6)25-17-23(39-5)10-12-28(25)41-7/h9-14,16-17,19-20,30H,15,18H2,1-8H3/t19-,20+/m1/s1. The predicted molar refractivity (Wildman–Crippen MR) is 163 cm³/mol. The summed E-state index contributed by atoms with van der Waals surface area (Å²) in [6.45, 7) is 4.11. The van der Waals surface area contributed by atoms with Crippen LogP contribution in [0.4, 0.5) is 0 Å². The number of hydrogen-bond donors (Lipinski definition) is 0. The molecule has 3 aromatic rings. The summed E-state index contributed by atoms with van der Waals surface area (Å²) < 4.78 is 44.0. The number of ether oxygens (including phenoxy) is 8. The van der Waals surface area contributed by atoms with Crippen molar-refractivity contribution in [2.45, 2.75) is 39.2 Å². The van der Waals surface area contributed by atoms with Gasteiger partial charge in [0.2, 0.25) is 6.79 Å². The third kappa shape index (κ3) is 8.55. The molecule has 3 rings (SSSR count). The number of nitrogens with zero attached hydrogens (tertiary/aromatic N) is 1. The number of benzene rings is 2. The third-order valence-corrected chi connectivity index (χ3v) is 7.03. The first-order valence-corrected chi connectivity index (χ1v) is 14.0. The zero-order chi connectivity index (χ0) is 33.1. The number of aromatic nitrogens is 1. The smallest absolute Gasteiger partial charge is 0.309 e. The minimum atomic E-state index is -0.866. The summed E-state index contributed by atoms with van der Waals surface area (Å²) in [5.74, 6) is -0.679. The van der Waals surface area contributed by atoms with Crippen LogP contribution in [0.15, 0.2) is 48.7 Å². The van der Waals surface area contributed by atoms with Crippen LogP contribution in [0.25, 0.3) is 0 Å². The lowest BCUT2D eigenvalue weighted by Gasteiger charge is -2.29. The molecule has 0 fully saturated rings. The van der Waals surface area contributed by atoms with Crippen molar-refractivity contribution in [3.8, 4) is 34.5 Å². The quantitative estimate of drug-likeness (QED) is 0.120. The van der Waals surface area contributed by atoms with Crippen molar-refractivity contribution in [2.75, 3.05) is 42.3 Å². The molecule has 2 aromatic carbocycles. The SMILES string of the molecule is COc1ccc(OC)c(C(c2cc(OC)ccc2OC)[C@H](C)OC(=O)[C@H](C)CC(=O)c2nccc(OC)c2OCOC(C)=O)c1. The van der Waals surface area contributed by atoms with Crippen molar-refractivity contribution >= 4 is 17.7 Å². The van der Waals surface area contributed by atoms with Crippen LogP contribution in [0.2, 0.25) is 0 Å². The molecule has 242 valence electrons. The molecule has 0 radical (unpaired) electrons. The molecular weight excluding hydrogens is 586 g/mol. The topological polar surface area (TPSA) is 138 Å². The molecule has 1 aromatic heterocycles. The molecule has 0 aliphatic heterocycles. The van der Waals surface area contributed by atoms with E-state index in [0.29, 0.717) is 34.1 Å². The van der Waals surface area contributed by atoms with Crippen LogP contribution >= 0.6 is 0 Å². The fourth-order valence-electron chi connectivity index (χ4n) is 4.76. The number of carbonyl (C=O) groups is 3. The molecule has 0 amide bonds. The maximum absolute atomic E-state index is 13.5. The zero-order valence-electron chi connectivity index (χ0n) is 26.7. The van der Waals surface area contributed by atoms with Gasteiger partial charge in [0.15, 0.2) is 23.0 Å². The van der Waals surface area contributed by atoms with Crippen LogP contribution in [-0.2, 0) is 19.1 Å². The molecule has 1 heterocycles. The van der Waals surface area contributed by atoms with Crippen LogP contribution in [0.5, 0.6) is 34.5 Å². The van der Waals surface area contributed by atoms with E-state index in [1.54, 1.807) is 66.6 Å². The average Bonchev–Trinajstić information content (AvgIpc) is 3.04. The van der Waals surface area contributed by atoms with Crippen LogP contribution in [0, 0.1) is 5.92 Å². The molecule has 0 saturated carbocycles. The molecule has 12 nitrogen and oxygen atoms in total. The summed E-state index contributed by atoms with van der Waals surface area (Å²) in [4.78, 5) is 42.1. The maximum Gasteiger partial charge on any atom is 0.309 e. The van der Waals surface area contributed by atoms with Crippen molar-refractivity contribution in [3.63, 3.8) is 0 Å². The molecule has 0 unspecified atom stereocenters. The summed E-state index contributed by atoms with van der Waals surface area (Å²) in [6.07, 6.45) is 0.365. The van der Waals surface area contributed by atoms with E-state index in [0.717, 1.165) is 0 Å². The number of esters is 2. The Kier molecular flexibility index (Phi) is 12.4. The number of rotatable bonds is 16. The van der Waals surface area contributed by atoms with Gasteiger partial charge in [0.05, 0.1) is 47.4 Å². The van der Waals surface area contributed by atoms with Crippen LogP contribution in [-0.4, -0.2) is 71.2 Å². The highest BCUT2D eigenvalue weighted by Crippen LogP contribution is 2.43. The maximum atomic E-state index is 13.5. The Morgan fingerprint density at radius 3 is 1.80 bits per heavy atom. The molecular formula is C33H39NO11. The van der Waals surface area contributed by atoms with Crippen molar-refractivity contribution < 1.29 is 52.3 Å². The summed E-state index contributed by atoms with van der Waals surface area (Å²) in [6, 6.07) is 12.2. The predicted octanol–water partition coefficient (Wildman–Crippen LogP) is 5.00. The van der Waals surface area contributed by atoms with E-state index >= 15 is 0 Å². The molecule has 12 heteroatoms. The van der Waals surface area contributed by atoms with E-state index in [-0.39, 0.29) is 23.6 Å². The molecule has 0 bridgehead atoms. The molecule has 0 saturated heterocycles. The molecule has 2 atom stereocenters. The van der Waals surface area contributed by atoms with E-state index in [2.05, 4.69) is 4.98 Å². The van der Waals surface area contributed by atoms with Gasteiger partial charge in [0, 0.05) is 36.7 Å². The Balaban J connectivity index is 1.92. The van der Waals surface area contributed by atoms with Gasteiger partial charge in [0.1, 0.15) is 29.1 Å². The number of ketones is 1. The van der Waals surface area contributed by atoms with Crippen molar-refractivity contribution in [1.29, 1.82) is 0 Å². The minimum absolute atomic E-state index is 0.00418. The van der Waals surface area contributed by atoms with Gasteiger partial charge in [-0.1, -0.05) is 6.92 Å². The zero-order valence-corrected chi connectivity index (χ0v) is 26.7. The lowest BCUT2D eigenvalue weighted by molar-refractivity contribution is -0.153. The van der Waals surface area contributed by atoms with Crippen molar-refractivity contribution in [1.82, 2.24) is 4.98 Å². The Bertz CT molecular complexity index is 1430. The first-order valence-electron chi connectivity index (χ1n) is 14.0. The van der Waals surface area contributed by atoms with Gasteiger partial charge >= 0.3 is 11.9 Å². The summed E-state index contributed by atoms with van der Waals surface area (Å²) in [7, 11) is 7.60. The highest BCUT2D eigenvalue weighted by Gasteiger charge is 2.33. The van der Waals surface area contributed by atoms with E-state index < -0.39 is 42.5 Å². The summed E-state index contributed by atoms with van der Waals surface area (Å²) in [5.41, 5.74) is 1.29. The lowest BCUT2D eigenvalue weighted by Crippen LogP contribution is -2.28. The first-order chi connectivity index (χ1) is 21.6. The van der Waals surface area contributed by atoms with Gasteiger partial charge in [-0.3, -0.25) is 14.4 Å².